The monoisotopic (exact) mass is 390 g/mol. The highest BCUT2D eigenvalue weighted by atomic mass is 32.2. The summed E-state index contributed by atoms with van der Waals surface area (Å²) in [5, 5.41) is 4.89. The third-order valence-electron chi connectivity index (χ3n) is 3.61. The van der Waals surface area contributed by atoms with E-state index >= 15 is 0 Å². The average molecular weight is 390 g/mol. The van der Waals surface area contributed by atoms with Crippen LogP contribution < -0.4 is 5.32 Å². The van der Waals surface area contributed by atoms with E-state index in [2.05, 4.69) is 10.3 Å². The van der Waals surface area contributed by atoms with E-state index in [0.717, 1.165) is 34.5 Å². The van der Waals surface area contributed by atoms with Gasteiger partial charge in [-0.05, 0) is 19.1 Å². The summed E-state index contributed by atoms with van der Waals surface area (Å²) in [7, 11) is 0. The summed E-state index contributed by atoms with van der Waals surface area (Å²) in [6.45, 7) is 1.72. The van der Waals surface area contributed by atoms with Crippen LogP contribution in [-0.4, -0.2) is 16.1 Å². The lowest BCUT2D eigenvalue weighted by molar-refractivity contribution is -0.115. The zero-order valence-electron chi connectivity index (χ0n) is 13.9. The van der Waals surface area contributed by atoms with Gasteiger partial charge in [0, 0.05) is 22.8 Å². The normalized spacial score (nSPS) is 12.0. The molecule has 134 valence electrons. The van der Waals surface area contributed by atoms with E-state index in [0.29, 0.717) is 5.75 Å². The summed E-state index contributed by atoms with van der Waals surface area (Å²) < 4.78 is 26.8. The molecule has 0 aliphatic heterocycles. The maximum absolute atomic E-state index is 13.6. The van der Waals surface area contributed by atoms with Crippen LogP contribution in [0.3, 0.4) is 0 Å². The number of aromatic nitrogens is 1. The molecule has 0 fully saturated rings. The van der Waals surface area contributed by atoms with Gasteiger partial charge in [0.2, 0.25) is 5.91 Å². The van der Waals surface area contributed by atoms with Gasteiger partial charge in [0.15, 0.2) is 0 Å². The lowest BCUT2D eigenvalue weighted by Crippen LogP contribution is -2.23. The topological polar surface area (TPSA) is 42.0 Å². The maximum Gasteiger partial charge on any atom is 0.237 e. The number of halogens is 2. The first-order chi connectivity index (χ1) is 12.5. The number of thioether (sulfide) groups is 1. The second kappa shape index (κ2) is 8.42. The first-order valence-corrected chi connectivity index (χ1v) is 9.83. The molecule has 1 heterocycles. The van der Waals surface area contributed by atoms with Crippen LogP contribution in [0.2, 0.25) is 0 Å². The number of rotatable bonds is 6. The van der Waals surface area contributed by atoms with Gasteiger partial charge in [0.25, 0.3) is 0 Å². The quantitative estimate of drug-likeness (QED) is 0.617. The van der Waals surface area contributed by atoms with Crippen LogP contribution in [0.5, 0.6) is 0 Å². The minimum Gasteiger partial charge on any atom is -0.323 e. The summed E-state index contributed by atoms with van der Waals surface area (Å²) in [5.41, 5.74) is 1.79. The molecule has 0 spiro atoms. The fraction of sp³-hybridized carbons (Fsp3) is 0.158. The van der Waals surface area contributed by atoms with Crippen LogP contribution in [0.4, 0.5) is 14.5 Å². The molecule has 3 rings (SSSR count). The van der Waals surface area contributed by atoms with E-state index in [9.17, 15) is 13.6 Å². The number of nitrogens with one attached hydrogen (secondary N) is 1. The lowest BCUT2D eigenvalue weighted by atomic mass is 10.2. The van der Waals surface area contributed by atoms with Crippen LogP contribution in [0.25, 0.3) is 10.6 Å². The molecule has 0 saturated carbocycles. The molecule has 1 aromatic heterocycles. The second-order valence-electron chi connectivity index (χ2n) is 5.58. The number of carbonyl (C=O) groups excluding carboxylic acids is 1. The van der Waals surface area contributed by atoms with Crippen molar-refractivity contribution in [1.29, 1.82) is 0 Å². The van der Waals surface area contributed by atoms with Gasteiger partial charge < -0.3 is 5.32 Å². The highest BCUT2D eigenvalue weighted by Crippen LogP contribution is 2.26. The van der Waals surface area contributed by atoms with Gasteiger partial charge >= 0.3 is 0 Å². The standard InChI is InChI=1S/C19H16F2N2OS2/c1-12(18(24)23-17-9-14(20)7-8-16(17)21)25-10-15-11-26-19(22-15)13-5-3-2-4-6-13/h2-9,11-12H,10H2,1H3,(H,23,24)/t12-/m1/s1. The third kappa shape index (κ3) is 4.68. The third-order valence-corrected chi connectivity index (χ3v) is 5.73. The van der Waals surface area contributed by atoms with E-state index < -0.39 is 16.9 Å². The van der Waals surface area contributed by atoms with E-state index in [4.69, 9.17) is 0 Å². The Bertz CT molecular complexity index is 900. The molecule has 0 aliphatic carbocycles. The second-order valence-corrected chi connectivity index (χ2v) is 7.76. The van der Waals surface area contributed by atoms with Crippen LogP contribution in [-0.2, 0) is 10.5 Å². The van der Waals surface area contributed by atoms with Crippen LogP contribution >= 0.6 is 23.1 Å². The number of carbonyl (C=O) groups is 1. The molecule has 0 saturated heterocycles. The van der Waals surface area contributed by atoms with Gasteiger partial charge in [0.1, 0.15) is 16.6 Å². The molecule has 3 nitrogen and oxygen atoms in total. The summed E-state index contributed by atoms with van der Waals surface area (Å²) in [6, 6.07) is 12.8. The van der Waals surface area contributed by atoms with E-state index in [1.807, 2.05) is 35.7 Å². The van der Waals surface area contributed by atoms with Crippen molar-refractivity contribution < 1.29 is 13.6 Å². The average Bonchev–Trinajstić information content (AvgIpc) is 3.12. The van der Waals surface area contributed by atoms with Crippen LogP contribution in [0.15, 0.2) is 53.9 Å². The lowest BCUT2D eigenvalue weighted by Gasteiger charge is -2.12. The maximum atomic E-state index is 13.6. The zero-order valence-corrected chi connectivity index (χ0v) is 15.5. The van der Waals surface area contributed by atoms with Crippen molar-refractivity contribution in [2.45, 2.75) is 17.9 Å². The van der Waals surface area contributed by atoms with E-state index in [1.165, 1.54) is 11.8 Å². The van der Waals surface area contributed by atoms with Gasteiger partial charge in [-0.15, -0.1) is 23.1 Å². The number of amides is 1. The number of hydrogen-bond donors (Lipinski definition) is 1. The van der Waals surface area contributed by atoms with Gasteiger partial charge in [-0.2, -0.15) is 0 Å². The summed E-state index contributed by atoms with van der Waals surface area (Å²) in [5.74, 6) is -1.08. The molecule has 1 N–H and O–H groups in total. The fourth-order valence-corrected chi connectivity index (χ4v) is 3.91. The molecule has 7 heteroatoms. The van der Waals surface area contributed by atoms with Gasteiger partial charge in [0.05, 0.1) is 16.6 Å². The smallest absolute Gasteiger partial charge is 0.237 e. The Balaban J connectivity index is 1.57. The number of benzene rings is 2. The zero-order chi connectivity index (χ0) is 18.5. The molecule has 3 aromatic rings. The first-order valence-electron chi connectivity index (χ1n) is 7.90. The molecule has 1 amide bonds. The van der Waals surface area contributed by atoms with Crippen molar-refractivity contribution >= 4 is 34.7 Å². The van der Waals surface area contributed by atoms with Crippen molar-refractivity contribution in [1.82, 2.24) is 4.98 Å². The summed E-state index contributed by atoms with van der Waals surface area (Å²) in [6.07, 6.45) is 0. The van der Waals surface area contributed by atoms with Gasteiger partial charge in [-0.1, -0.05) is 30.3 Å². The highest BCUT2D eigenvalue weighted by molar-refractivity contribution is 7.99. The molecule has 2 aromatic carbocycles. The predicted molar refractivity (Wildman–Crippen MR) is 103 cm³/mol. The van der Waals surface area contributed by atoms with Crippen LogP contribution in [0.1, 0.15) is 12.6 Å². The number of nitrogens with zero attached hydrogens (tertiary/aromatic N) is 1. The highest BCUT2D eigenvalue weighted by Gasteiger charge is 2.16. The predicted octanol–water partition coefficient (Wildman–Crippen LogP) is 5.35. The largest absolute Gasteiger partial charge is 0.323 e. The molecular formula is C19H16F2N2OS2. The first kappa shape index (κ1) is 18.5. The molecular weight excluding hydrogens is 374 g/mol. The number of anilines is 1. The number of hydrogen-bond acceptors (Lipinski definition) is 4. The van der Waals surface area contributed by atoms with E-state index in [-0.39, 0.29) is 11.6 Å². The Hall–Kier alpha value is -2.25. The molecule has 0 bridgehead atoms. The Morgan fingerprint density at radius 2 is 2.00 bits per heavy atom. The SMILES string of the molecule is C[C@@H](SCc1csc(-c2ccccc2)n1)C(=O)Nc1cc(F)ccc1F. The molecule has 0 radical (unpaired) electrons. The molecule has 1 atom stereocenters. The van der Waals surface area contributed by atoms with Crippen molar-refractivity contribution in [2.24, 2.45) is 0 Å². The Morgan fingerprint density at radius 3 is 2.77 bits per heavy atom. The van der Waals surface area contributed by atoms with Crippen molar-refractivity contribution in [3.63, 3.8) is 0 Å². The summed E-state index contributed by atoms with van der Waals surface area (Å²) in [4.78, 5) is 16.8. The molecule has 0 aliphatic rings. The molecule has 0 unspecified atom stereocenters. The molecule has 26 heavy (non-hydrogen) atoms. The Labute approximate surface area is 158 Å². The minimum atomic E-state index is -0.663. The van der Waals surface area contributed by atoms with Crippen LogP contribution in [0, 0.1) is 11.6 Å². The Kier molecular flexibility index (Phi) is 6.00. The minimum absolute atomic E-state index is 0.150. The van der Waals surface area contributed by atoms with E-state index in [1.54, 1.807) is 18.3 Å². The van der Waals surface area contributed by atoms with Gasteiger partial charge in [-0.3, -0.25) is 4.79 Å². The van der Waals surface area contributed by atoms with Crippen molar-refractivity contribution in [3.05, 3.63) is 71.2 Å². The summed E-state index contributed by atoms with van der Waals surface area (Å²) >= 11 is 2.94. The Morgan fingerprint density at radius 1 is 1.23 bits per heavy atom. The fourth-order valence-electron chi connectivity index (χ4n) is 2.20. The van der Waals surface area contributed by atoms with Crippen molar-refractivity contribution in [3.8, 4) is 10.6 Å². The van der Waals surface area contributed by atoms with Crippen molar-refractivity contribution in [2.75, 3.05) is 5.32 Å². The van der Waals surface area contributed by atoms with Gasteiger partial charge in [-0.25, -0.2) is 13.8 Å². The number of thiazole rings is 1.